The number of carbonyl (C=O) groups is 1. The molecule has 1 fully saturated rings. The Bertz CT molecular complexity index is 287. The molecule has 7 heteroatoms. The Morgan fingerprint density at radius 3 is 3.06 bits per heavy atom. The maximum Gasteiger partial charge on any atom is 0.407 e. The molecular weight excluding hydrogens is 240 g/mol. The third-order valence-corrected chi connectivity index (χ3v) is 2.62. The highest BCUT2D eigenvalue weighted by Gasteiger charge is 2.35. The van der Waals surface area contributed by atoms with Gasteiger partial charge in [0.2, 0.25) is 0 Å². The summed E-state index contributed by atoms with van der Waals surface area (Å²) >= 11 is 0. The van der Waals surface area contributed by atoms with Gasteiger partial charge in [0.05, 0.1) is 6.10 Å². The van der Waals surface area contributed by atoms with Crippen LogP contribution in [0.2, 0.25) is 0 Å². The number of hydrogen-bond donors (Lipinski definition) is 3. The van der Waals surface area contributed by atoms with Crippen LogP contribution in [0.5, 0.6) is 0 Å². The summed E-state index contributed by atoms with van der Waals surface area (Å²) < 4.78 is 15.1. The quantitative estimate of drug-likeness (QED) is 0.567. The predicted molar refractivity (Wildman–Crippen MR) is 63.8 cm³/mol. The highest BCUT2D eigenvalue weighted by Crippen LogP contribution is 2.19. The van der Waals surface area contributed by atoms with Gasteiger partial charge in [0.25, 0.3) is 0 Å². The van der Waals surface area contributed by atoms with Crippen molar-refractivity contribution in [2.45, 2.75) is 31.0 Å². The SMILES string of the molecule is C=CCOC(=O)NCC1C[C@H](N)C(O)[C@@H](OC)O1. The average molecular weight is 260 g/mol. The van der Waals surface area contributed by atoms with Crippen molar-refractivity contribution in [1.29, 1.82) is 0 Å². The van der Waals surface area contributed by atoms with Gasteiger partial charge in [-0.25, -0.2) is 4.79 Å². The van der Waals surface area contributed by atoms with E-state index in [1.54, 1.807) is 0 Å². The lowest BCUT2D eigenvalue weighted by atomic mass is 10.0. The van der Waals surface area contributed by atoms with Crippen molar-refractivity contribution in [3.63, 3.8) is 0 Å². The molecule has 1 aliphatic rings. The van der Waals surface area contributed by atoms with Crippen LogP contribution in [0.25, 0.3) is 0 Å². The van der Waals surface area contributed by atoms with Gasteiger partial charge in [-0.2, -0.15) is 0 Å². The van der Waals surface area contributed by atoms with Crippen LogP contribution in [0.4, 0.5) is 4.79 Å². The van der Waals surface area contributed by atoms with Crippen LogP contribution in [0, 0.1) is 0 Å². The first kappa shape index (κ1) is 14.9. The minimum atomic E-state index is -0.862. The maximum absolute atomic E-state index is 11.2. The van der Waals surface area contributed by atoms with Crippen molar-refractivity contribution >= 4 is 6.09 Å². The fourth-order valence-corrected chi connectivity index (χ4v) is 1.68. The van der Waals surface area contributed by atoms with Gasteiger partial charge in [0.15, 0.2) is 6.29 Å². The number of rotatable bonds is 5. The summed E-state index contributed by atoms with van der Waals surface area (Å²) in [6.45, 7) is 3.83. The van der Waals surface area contributed by atoms with E-state index in [0.29, 0.717) is 6.42 Å². The van der Waals surface area contributed by atoms with Gasteiger partial charge in [-0.1, -0.05) is 12.7 Å². The fourth-order valence-electron chi connectivity index (χ4n) is 1.68. The summed E-state index contributed by atoms with van der Waals surface area (Å²) in [5, 5.41) is 12.2. The molecule has 2 unspecified atom stereocenters. The number of hydrogen-bond acceptors (Lipinski definition) is 6. The first-order chi connectivity index (χ1) is 8.58. The Labute approximate surface area is 106 Å². The monoisotopic (exact) mass is 260 g/mol. The molecule has 1 heterocycles. The van der Waals surface area contributed by atoms with Crippen LogP contribution in [-0.2, 0) is 14.2 Å². The van der Waals surface area contributed by atoms with Gasteiger partial charge in [0, 0.05) is 19.7 Å². The van der Waals surface area contributed by atoms with E-state index in [4.69, 9.17) is 19.9 Å². The van der Waals surface area contributed by atoms with E-state index in [0.717, 1.165) is 0 Å². The van der Waals surface area contributed by atoms with E-state index in [1.807, 2.05) is 0 Å². The predicted octanol–water partition coefficient (Wildman–Crippen LogP) is -0.652. The number of alkyl carbamates (subject to hydrolysis) is 1. The third kappa shape index (κ3) is 4.26. The van der Waals surface area contributed by atoms with Gasteiger partial charge in [-0.3, -0.25) is 0 Å². The maximum atomic E-state index is 11.2. The zero-order valence-electron chi connectivity index (χ0n) is 10.4. The third-order valence-electron chi connectivity index (χ3n) is 2.62. The Hall–Kier alpha value is -1.15. The molecule has 1 rings (SSSR count). The molecule has 7 nitrogen and oxygen atoms in total. The minimum Gasteiger partial charge on any atom is -0.445 e. The molecule has 0 aromatic rings. The first-order valence-corrected chi connectivity index (χ1v) is 5.72. The second-order valence-electron chi connectivity index (χ2n) is 4.02. The summed E-state index contributed by atoms with van der Waals surface area (Å²) in [7, 11) is 1.43. The van der Waals surface area contributed by atoms with E-state index in [9.17, 15) is 9.90 Å². The molecule has 4 N–H and O–H groups in total. The van der Waals surface area contributed by atoms with Crippen molar-refractivity contribution < 1.29 is 24.1 Å². The van der Waals surface area contributed by atoms with Gasteiger partial charge in [0.1, 0.15) is 12.7 Å². The van der Waals surface area contributed by atoms with Crippen LogP contribution < -0.4 is 11.1 Å². The van der Waals surface area contributed by atoms with Gasteiger partial charge in [-0.05, 0) is 6.42 Å². The van der Waals surface area contributed by atoms with Crippen molar-refractivity contribution in [3.05, 3.63) is 12.7 Å². The number of amides is 1. The molecule has 104 valence electrons. The van der Waals surface area contributed by atoms with Crippen LogP contribution in [0.3, 0.4) is 0 Å². The molecule has 0 bridgehead atoms. The highest BCUT2D eigenvalue weighted by atomic mass is 16.7. The molecular formula is C11H20N2O5. The number of methoxy groups -OCH3 is 1. The molecule has 0 radical (unpaired) electrons. The standard InChI is InChI=1S/C11H20N2O5/c1-3-4-17-11(15)13-6-7-5-8(12)9(14)10(16-2)18-7/h3,7-10,14H,1,4-6,12H2,2H3,(H,13,15)/t7?,8-,9?,10-/m0/s1. The number of aliphatic hydroxyl groups excluding tert-OH is 1. The average Bonchev–Trinajstić information content (AvgIpc) is 2.37. The molecule has 0 saturated carbocycles. The summed E-state index contributed by atoms with van der Waals surface area (Å²) in [4.78, 5) is 11.2. The fraction of sp³-hybridized carbons (Fsp3) is 0.727. The highest BCUT2D eigenvalue weighted by molar-refractivity contribution is 5.67. The summed E-state index contributed by atoms with van der Waals surface area (Å²) in [6, 6.07) is -0.445. The number of ether oxygens (including phenoxy) is 3. The van der Waals surface area contributed by atoms with Crippen molar-refractivity contribution in [2.24, 2.45) is 5.73 Å². The van der Waals surface area contributed by atoms with Gasteiger partial charge in [-0.15, -0.1) is 0 Å². The molecule has 0 aliphatic carbocycles. The van der Waals surface area contributed by atoms with E-state index >= 15 is 0 Å². The normalized spacial score (nSPS) is 31.7. The summed E-state index contributed by atoms with van der Waals surface area (Å²) in [5.41, 5.74) is 5.75. The van der Waals surface area contributed by atoms with Crippen molar-refractivity contribution in [3.8, 4) is 0 Å². The smallest absolute Gasteiger partial charge is 0.407 e. The van der Waals surface area contributed by atoms with Crippen LogP contribution in [-0.4, -0.2) is 56.0 Å². The van der Waals surface area contributed by atoms with E-state index in [2.05, 4.69) is 11.9 Å². The van der Waals surface area contributed by atoms with Crippen LogP contribution >= 0.6 is 0 Å². The molecule has 1 aliphatic heterocycles. The van der Waals surface area contributed by atoms with Crippen LogP contribution in [0.1, 0.15) is 6.42 Å². The minimum absolute atomic E-state index is 0.149. The second-order valence-corrected chi connectivity index (χ2v) is 4.02. The lowest BCUT2D eigenvalue weighted by Crippen LogP contribution is -2.55. The zero-order chi connectivity index (χ0) is 13.5. The molecule has 0 spiro atoms. The lowest BCUT2D eigenvalue weighted by molar-refractivity contribution is -0.232. The Kier molecular flexibility index (Phi) is 6.06. The Balaban J connectivity index is 2.34. The van der Waals surface area contributed by atoms with E-state index in [1.165, 1.54) is 13.2 Å². The zero-order valence-corrected chi connectivity index (χ0v) is 10.4. The molecule has 0 aromatic heterocycles. The molecule has 1 amide bonds. The Morgan fingerprint density at radius 2 is 2.44 bits per heavy atom. The number of nitrogens with one attached hydrogen (secondary N) is 1. The second kappa shape index (κ2) is 7.32. The van der Waals surface area contributed by atoms with Crippen LogP contribution in [0.15, 0.2) is 12.7 Å². The molecule has 4 atom stereocenters. The lowest BCUT2D eigenvalue weighted by Gasteiger charge is -2.36. The number of carbonyl (C=O) groups excluding carboxylic acids is 1. The largest absolute Gasteiger partial charge is 0.445 e. The topological polar surface area (TPSA) is 103 Å². The summed E-state index contributed by atoms with van der Waals surface area (Å²) in [6.07, 6.45) is -0.590. The molecule has 0 aromatic carbocycles. The Morgan fingerprint density at radius 1 is 1.72 bits per heavy atom. The van der Waals surface area contributed by atoms with E-state index in [-0.39, 0.29) is 19.3 Å². The molecule has 1 saturated heterocycles. The van der Waals surface area contributed by atoms with Gasteiger partial charge >= 0.3 is 6.09 Å². The van der Waals surface area contributed by atoms with Crippen molar-refractivity contribution in [2.75, 3.05) is 20.3 Å². The molecule has 18 heavy (non-hydrogen) atoms. The summed E-state index contributed by atoms with van der Waals surface area (Å²) in [5.74, 6) is 0. The van der Waals surface area contributed by atoms with Crippen molar-refractivity contribution in [1.82, 2.24) is 5.32 Å². The van der Waals surface area contributed by atoms with E-state index < -0.39 is 24.5 Å². The number of nitrogens with two attached hydrogens (primary N) is 1. The first-order valence-electron chi connectivity index (χ1n) is 5.72. The van der Waals surface area contributed by atoms with Gasteiger partial charge < -0.3 is 30.4 Å². The number of aliphatic hydroxyl groups is 1.